The van der Waals surface area contributed by atoms with Crippen molar-refractivity contribution >= 4 is 76.2 Å². The molecule has 4 nitrogen and oxygen atoms in total. The molecule has 0 aliphatic rings. The smallest absolute Gasteiger partial charge is 0.165 e. The van der Waals surface area contributed by atoms with Crippen molar-refractivity contribution in [3.05, 3.63) is 194 Å². The molecule has 12 rings (SSSR count). The topological polar surface area (TPSA) is 35.6 Å². The van der Waals surface area contributed by atoms with Gasteiger partial charge >= 0.3 is 0 Å². The van der Waals surface area contributed by atoms with Gasteiger partial charge in [-0.25, -0.2) is 9.97 Å². The van der Waals surface area contributed by atoms with Gasteiger partial charge in [-0.1, -0.05) is 140 Å². The summed E-state index contributed by atoms with van der Waals surface area (Å²) in [6.45, 7) is 0. The van der Waals surface area contributed by atoms with Gasteiger partial charge in [0, 0.05) is 32.8 Å². The molecule has 3 aromatic heterocycles. The predicted octanol–water partition coefficient (Wildman–Crippen LogP) is 13.5. The summed E-state index contributed by atoms with van der Waals surface area (Å²) in [6, 6.07) is 69.6. The molecule has 0 N–H and O–H groups in total. The molecule has 12 aromatic rings. The van der Waals surface area contributed by atoms with Crippen molar-refractivity contribution in [3.63, 3.8) is 0 Å². The van der Waals surface area contributed by atoms with E-state index < -0.39 is 0 Å². The van der Waals surface area contributed by atoms with Gasteiger partial charge in [-0.2, -0.15) is 0 Å². The lowest BCUT2D eigenvalue weighted by Gasteiger charge is -2.16. The molecular formula is C52H32N4. The summed E-state index contributed by atoms with van der Waals surface area (Å²) in [5.74, 6) is 0.804. The summed E-state index contributed by atoms with van der Waals surface area (Å²) in [4.78, 5) is 10.9. The van der Waals surface area contributed by atoms with Crippen LogP contribution in [0.15, 0.2) is 194 Å². The quantitative estimate of drug-likeness (QED) is 0.182. The third-order valence-corrected chi connectivity index (χ3v) is 11.5. The highest BCUT2D eigenvalue weighted by molar-refractivity contribution is 6.22. The lowest BCUT2D eigenvalue weighted by molar-refractivity contribution is 1.08. The van der Waals surface area contributed by atoms with Crippen LogP contribution in [-0.2, 0) is 0 Å². The molecule has 0 spiro atoms. The largest absolute Gasteiger partial charge is 0.309 e. The van der Waals surface area contributed by atoms with Crippen molar-refractivity contribution in [2.24, 2.45) is 0 Å². The Morgan fingerprint density at radius 3 is 1.80 bits per heavy atom. The number of hydrogen-bond donors (Lipinski definition) is 0. The zero-order chi connectivity index (χ0) is 36.7. The molecule has 0 aliphatic heterocycles. The predicted molar refractivity (Wildman–Crippen MR) is 234 cm³/mol. The molecule has 0 aliphatic carbocycles. The Morgan fingerprint density at radius 1 is 0.339 bits per heavy atom. The van der Waals surface area contributed by atoms with E-state index in [9.17, 15) is 0 Å². The Hall–Kier alpha value is -7.56. The third-order valence-electron chi connectivity index (χ3n) is 11.5. The summed E-state index contributed by atoms with van der Waals surface area (Å²) < 4.78 is 4.78. The molecule has 0 saturated carbocycles. The van der Waals surface area contributed by atoms with Gasteiger partial charge in [0.1, 0.15) is 5.69 Å². The van der Waals surface area contributed by atoms with Crippen LogP contribution in [0, 0.1) is 0 Å². The average Bonchev–Trinajstić information content (AvgIpc) is 3.77. The molecule has 56 heavy (non-hydrogen) atoms. The zero-order valence-corrected chi connectivity index (χ0v) is 30.3. The van der Waals surface area contributed by atoms with E-state index in [1.807, 2.05) is 12.1 Å². The minimum Gasteiger partial charge on any atom is -0.309 e. The molecule has 3 heterocycles. The van der Waals surface area contributed by atoms with Crippen LogP contribution in [-0.4, -0.2) is 19.1 Å². The first kappa shape index (κ1) is 30.9. The Balaban J connectivity index is 1.20. The highest BCUT2D eigenvalue weighted by atomic mass is 15.1. The molecular weight excluding hydrogens is 681 g/mol. The van der Waals surface area contributed by atoms with Crippen LogP contribution in [0.1, 0.15) is 0 Å². The van der Waals surface area contributed by atoms with E-state index in [4.69, 9.17) is 9.97 Å². The molecule has 4 heteroatoms. The Labute approximate surface area is 322 Å². The molecule has 260 valence electrons. The standard InChI is InChI=1S/C52H32N4/c1-2-14-33(15-3-1)38-19-8-9-22-41(38)51-52(54-45-24-12-11-23-44(45)53-51)56-47-29-27-37(32-43(47)50-39-20-7-6-16-34(39)26-28-48(50)56)55-46-25-13-10-21-40(46)42-30-35-17-4-5-18-36(35)31-49(42)55/h1-32H. The number of aromatic nitrogens is 4. The van der Waals surface area contributed by atoms with Gasteiger partial charge in [0.15, 0.2) is 5.82 Å². The van der Waals surface area contributed by atoms with E-state index in [0.29, 0.717) is 0 Å². The van der Waals surface area contributed by atoms with Crippen molar-refractivity contribution in [1.82, 2.24) is 19.1 Å². The fourth-order valence-corrected chi connectivity index (χ4v) is 8.97. The summed E-state index contributed by atoms with van der Waals surface area (Å²) in [5, 5.41) is 9.74. The Morgan fingerprint density at radius 2 is 0.964 bits per heavy atom. The normalized spacial score (nSPS) is 11.9. The van der Waals surface area contributed by atoms with Crippen LogP contribution >= 0.6 is 0 Å². The molecule has 0 atom stereocenters. The Kier molecular flexibility index (Phi) is 6.60. The van der Waals surface area contributed by atoms with E-state index in [1.165, 1.54) is 54.1 Å². The molecule has 0 saturated heterocycles. The van der Waals surface area contributed by atoms with Crippen LogP contribution in [0.2, 0.25) is 0 Å². The first-order valence-corrected chi connectivity index (χ1v) is 19.1. The number of benzene rings is 9. The van der Waals surface area contributed by atoms with E-state index in [0.717, 1.165) is 56.0 Å². The summed E-state index contributed by atoms with van der Waals surface area (Å²) in [7, 11) is 0. The van der Waals surface area contributed by atoms with E-state index in [1.54, 1.807) is 0 Å². The first-order chi connectivity index (χ1) is 27.8. The molecule has 0 radical (unpaired) electrons. The van der Waals surface area contributed by atoms with E-state index in [-0.39, 0.29) is 0 Å². The highest BCUT2D eigenvalue weighted by Gasteiger charge is 2.23. The molecule has 0 bridgehead atoms. The lowest BCUT2D eigenvalue weighted by atomic mass is 9.97. The summed E-state index contributed by atoms with van der Waals surface area (Å²) in [5.41, 5.74) is 11.5. The number of fused-ring (bicyclic) bond motifs is 10. The van der Waals surface area contributed by atoms with Crippen molar-refractivity contribution in [3.8, 4) is 33.9 Å². The zero-order valence-electron chi connectivity index (χ0n) is 30.3. The molecule has 0 unspecified atom stereocenters. The van der Waals surface area contributed by atoms with Crippen molar-refractivity contribution in [2.45, 2.75) is 0 Å². The van der Waals surface area contributed by atoms with Crippen LogP contribution in [0.4, 0.5) is 0 Å². The SMILES string of the molecule is c1ccc(-c2ccccc2-c2nc3ccccc3nc2-n2c3ccc(-n4c5ccccc5c5cc6ccccc6cc54)cc3c3c4ccccc4ccc32)cc1. The van der Waals surface area contributed by atoms with Gasteiger partial charge in [-0.15, -0.1) is 0 Å². The van der Waals surface area contributed by atoms with Crippen molar-refractivity contribution in [1.29, 1.82) is 0 Å². The lowest BCUT2D eigenvalue weighted by Crippen LogP contribution is -2.04. The number of para-hydroxylation sites is 3. The van der Waals surface area contributed by atoms with Gasteiger partial charge in [0.2, 0.25) is 0 Å². The van der Waals surface area contributed by atoms with Gasteiger partial charge in [-0.05, 0) is 87.3 Å². The van der Waals surface area contributed by atoms with Gasteiger partial charge in [0.05, 0.1) is 33.1 Å². The van der Waals surface area contributed by atoms with Crippen LogP contribution < -0.4 is 0 Å². The monoisotopic (exact) mass is 712 g/mol. The number of hydrogen-bond acceptors (Lipinski definition) is 2. The van der Waals surface area contributed by atoms with Crippen molar-refractivity contribution in [2.75, 3.05) is 0 Å². The molecule has 0 amide bonds. The second kappa shape index (κ2) is 12.0. The van der Waals surface area contributed by atoms with E-state index >= 15 is 0 Å². The fourth-order valence-electron chi connectivity index (χ4n) is 8.97. The maximum absolute atomic E-state index is 5.49. The minimum absolute atomic E-state index is 0.804. The first-order valence-electron chi connectivity index (χ1n) is 19.1. The second-order valence-corrected chi connectivity index (χ2v) is 14.6. The minimum atomic E-state index is 0.804. The van der Waals surface area contributed by atoms with Crippen LogP contribution in [0.25, 0.3) is 110 Å². The number of rotatable bonds is 4. The fraction of sp³-hybridized carbons (Fsp3) is 0. The van der Waals surface area contributed by atoms with Crippen LogP contribution in [0.5, 0.6) is 0 Å². The highest BCUT2D eigenvalue weighted by Crippen LogP contribution is 2.43. The average molecular weight is 713 g/mol. The second-order valence-electron chi connectivity index (χ2n) is 14.6. The maximum Gasteiger partial charge on any atom is 0.165 e. The Bertz CT molecular complexity index is 3540. The summed E-state index contributed by atoms with van der Waals surface area (Å²) >= 11 is 0. The van der Waals surface area contributed by atoms with Gasteiger partial charge < -0.3 is 4.57 Å². The summed E-state index contributed by atoms with van der Waals surface area (Å²) in [6.07, 6.45) is 0. The van der Waals surface area contributed by atoms with Gasteiger partial charge in [0.25, 0.3) is 0 Å². The van der Waals surface area contributed by atoms with Crippen LogP contribution in [0.3, 0.4) is 0 Å². The molecule has 9 aromatic carbocycles. The number of nitrogens with zero attached hydrogens (tertiary/aromatic N) is 4. The third kappa shape index (κ3) is 4.53. The van der Waals surface area contributed by atoms with E-state index in [2.05, 4.69) is 191 Å². The molecule has 0 fully saturated rings. The van der Waals surface area contributed by atoms with Crippen molar-refractivity contribution < 1.29 is 0 Å². The van der Waals surface area contributed by atoms with Gasteiger partial charge in [-0.3, -0.25) is 4.57 Å². The maximum atomic E-state index is 5.49.